The molecule has 2 heterocycles. The van der Waals surface area contributed by atoms with Crippen LogP contribution in [-0.4, -0.2) is 34.3 Å². The number of carbonyl (C=O) groups excluding carboxylic acids is 1. The Morgan fingerprint density at radius 1 is 1.08 bits per heavy atom. The van der Waals surface area contributed by atoms with Crippen molar-refractivity contribution in [2.45, 2.75) is 4.90 Å². The highest BCUT2D eigenvalue weighted by molar-refractivity contribution is 7.92. The third-order valence-corrected chi connectivity index (χ3v) is 4.81. The summed E-state index contributed by atoms with van der Waals surface area (Å²) in [5.41, 5.74) is 0.693. The molecule has 1 aromatic carbocycles. The molecule has 0 spiro atoms. The van der Waals surface area contributed by atoms with Crippen LogP contribution in [0.3, 0.4) is 0 Å². The van der Waals surface area contributed by atoms with E-state index < -0.39 is 15.9 Å². The van der Waals surface area contributed by atoms with Crippen LogP contribution in [0.2, 0.25) is 5.15 Å². The second kappa shape index (κ2) is 7.10. The Labute approximate surface area is 154 Å². The number of hydrogen-bond donors (Lipinski definition) is 2. The summed E-state index contributed by atoms with van der Waals surface area (Å²) in [6.07, 6.45) is 1.65. The zero-order valence-electron chi connectivity index (χ0n) is 13.4. The molecule has 2 aromatic heterocycles. The van der Waals surface area contributed by atoms with E-state index in [0.717, 1.165) is 0 Å². The van der Waals surface area contributed by atoms with Gasteiger partial charge in [-0.1, -0.05) is 11.6 Å². The summed E-state index contributed by atoms with van der Waals surface area (Å²) in [5, 5.41) is 14.0. The summed E-state index contributed by atoms with van der Waals surface area (Å²) >= 11 is 5.61. The molecule has 9 nitrogen and oxygen atoms in total. The van der Waals surface area contributed by atoms with Crippen LogP contribution in [0.4, 0.5) is 11.5 Å². The Morgan fingerprint density at radius 2 is 1.81 bits per heavy atom. The number of aromatic nitrogens is 4. The van der Waals surface area contributed by atoms with E-state index in [1.807, 2.05) is 0 Å². The van der Waals surface area contributed by atoms with Crippen LogP contribution in [-0.2, 0) is 17.1 Å². The average molecular weight is 393 g/mol. The molecular weight excluding hydrogens is 380 g/mol. The average Bonchev–Trinajstić information content (AvgIpc) is 3.04. The van der Waals surface area contributed by atoms with Gasteiger partial charge in [0.05, 0.1) is 4.90 Å². The van der Waals surface area contributed by atoms with E-state index in [2.05, 4.69) is 25.3 Å². The summed E-state index contributed by atoms with van der Waals surface area (Å²) in [6.45, 7) is 0. The largest absolute Gasteiger partial charge is 0.321 e. The third kappa shape index (κ3) is 4.16. The fourth-order valence-electron chi connectivity index (χ4n) is 2.02. The highest BCUT2D eigenvalue weighted by Gasteiger charge is 2.16. The molecule has 2 N–H and O–H groups in total. The van der Waals surface area contributed by atoms with Crippen LogP contribution in [0.25, 0.3) is 0 Å². The first-order valence-corrected chi connectivity index (χ1v) is 9.13. The van der Waals surface area contributed by atoms with Gasteiger partial charge in [-0.15, -0.1) is 10.2 Å². The minimum Gasteiger partial charge on any atom is -0.321 e. The second-order valence-corrected chi connectivity index (χ2v) is 7.27. The van der Waals surface area contributed by atoms with Gasteiger partial charge in [-0.05, 0) is 42.5 Å². The number of amides is 1. The third-order valence-electron chi connectivity index (χ3n) is 3.24. The lowest BCUT2D eigenvalue weighted by atomic mass is 10.3. The number of halogens is 1. The molecule has 134 valence electrons. The molecule has 0 fully saturated rings. The first kappa shape index (κ1) is 17.8. The van der Waals surface area contributed by atoms with Crippen LogP contribution in [0, 0.1) is 0 Å². The number of nitrogens with zero attached hydrogens (tertiary/aromatic N) is 4. The van der Waals surface area contributed by atoms with Crippen LogP contribution in [0.5, 0.6) is 0 Å². The maximum absolute atomic E-state index is 12.3. The van der Waals surface area contributed by atoms with Gasteiger partial charge in [-0.3, -0.25) is 14.2 Å². The van der Waals surface area contributed by atoms with Crippen LogP contribution in [0.1, 0.15) is 10.5 Å². The van der Waals surface area contributed by atoms with Crippen LogP contribution >= 0.6 is 11.6 Å². The second-order valence-electron chi connectivity index (χ2n) is 5.20. The Kier molecular flexibility index (Phi) is 4.87. The number of sulfonamides is 1. The number of nitrogens with one attached hydrogen (secondary N) is 2. The summed E-state index contributed by atoms with van der Waals surface area (Å²) in [5.74, 6) is -0.349. The molecule has 0 unspecified atom stereocenters. The smallest absolute Gasteiger partial charge is 0.276 e. The van der Waals surface area contributed by atoms with E-state index in [1.54, 1.807) is 19.3 Å². The highest BCUT2D eigenvalue weighted by atomic mass is 35.5. The molecule has 0 atom stereocenters. The molecule has 0 aliphatic rings. The van der Waals surface area contributed by atoms with Gasteiger partial charge in [0.15, 0.2) is 16.7 Å². The van der Waals surface area contributed by atoms with Gasteiger partial charge in [0, 0.05) is 18.9 Å². The number of hydrogen-bond acceptors (Lipinski definition) is 6. The SMILES string of the molecule is Cn1ccc(C(=O)Nc2ccc(S(=O)(=O)Nc3ccc(Cl)nn3)cc2)n1. The lowest BCUT2D eigenvalue weighted by Gasteiger charge is -2.08. The number of rotatable bonds is 5. The fourth-order valence-corrected chi connectivity index (χ4v) is 3.11. The summed E-state index contributed by atoms with van der Waals surface area (Å²) in [4.78, 5) is 12.0. The van der Waals surface area contributed by atoms with Crippen molar-refractivity contribution in [1.82, 2.24) is 20.0 Å². The van der Waals surface area contributed by atoms with Crippen LogP contribution < -0.4 is 10.0 Å². The zero-order chi connectivity index (χ0) is 18.7. The van der Waals surface area contributed by atoms with Crippen molar-refractivity contribution >= 4 is 39.0 Å². The molecule has 0 aliphatic carbocycles. The molecule has 0 bridgehead atoms. The molecule has 1 amide bonds. The highest BCUT2D eigenvalue weighted by Crippen LogP contribution is 2.18. The molecule has 0 saturated heterocycles. The van der Waals surface area contributed by atoms with Crippen molar-refractivity contribution in [2.75, 3.05) is 10.0 Å². The Balaban J connectivity index is 1.71. The first-order valence-electron chi connectivity index (χ1n) is 7.26. The van der Waals surface area contributed by atoms with Gasteiger partial charge in [-0.25, -0.2) is 8.42 Å². The van der Waals surface area contributed by atoms with Gasteiger partial charge < -0.3 is 5.32 Å². The molecule has 26 heavy (non-hydrogen) atoms. The van der Waals surface area contributed by atoms with Gasteiger partial charge >= 0.3 is 0 Å². The van der Waals surface area contributed by atoms with Gasteiger partial charge in [0.1, 0.15) is 0 Å². The van der Waals surface area contributed by atoms with E-state index in [4.69, 9.17) is 11.6 Å². The van der Waals surface area contributed by atoms with Crippen molar-refractivity contribution in [3.05, 3.63) is 59.5 Å². The monoisotopic (exact) mass is 392 g/mol. The van der Waals surface area contributed by atoms with Crippen molar-refractivity contribution in [3.63, 3.8) is 0 Å². The van der Waals surface area contributed by atoms with Crippen LogP contribution in [0.15, 0.2) is 53.6 Å². The zero-order valence-corrected chi connectivity index (χ0v) is 15.0. The molecule has 0 saturated carbocycles. The van der Waals surface area contributed by atoms with Crippen molar-refractivity contribution < 1.29 is 13.2 Å². The number of anilines is 2. The van der Waals surface area contributed by atoms with E-state index in [1.165, 1.54) is 41.1 Å². The standard InChI is InChI=1S/C15H13ClN6O3S/c1-22-9-8-12(20-22)15(23)17-10-2-4-11(5-3-10)26(24,25)21-14-7-6-13(16)18-19-14/h2-9H,1H3,(H,17,23)(H,19,21). The molecule has 11 heteroatoms. The van der Waals surface area contributed by atoms with Gasteiger partial charge in [0.2, 0.25) is 0 Å². The first-order chi connectivity index (χ1) is 12.3. The fraction of sp³-hybridized carbons (Fsp3) is 0.0667. The quantitative estimate of drug-likeness (QED) is 0.684. The molecular formula is C15H13ClN6O3S. The Hall–Kier alpha value is -2.98. The summed E-state index contributed by atoms with van der Waals surface area (Å²) in [7, 11) is -2.14. The van der Waals surface area contributed by atoms with Crippen molar-refractivity contribution in [3.8, 4) is 0 Å². The predicted octanol–water partition coefficient (Wildman–Crippen LogP) is 1.92. The summed E-state index contributed by atoms with van der Waals surface area (Å²) < 4.78 is 28.5. The number of aryl methyl sites for hydroxylation is 1. The summed E-state index contributed by atoms with van der Waals surface area (Å²) in [6, 6.07) is 10.1. The lowest BCUT2D eigenvalue weighted by molar-refractivity contribution is 0.102. The number of carbonyl (C=O) groups is 1. The van der Waals surface area contributed by atoms with E-state index in [0.29, 0.717) is 5.69 Å². The van der Waals surface area contributed by atoms with Gasteiger partial charge in [0.25, 0.3) is 15.9 Å². The predicted molar refractivity (Wildman–Crippen MR) is 95.5 cm³/mol. The topological polar surface area (TPSA) is 119 Å². The van der Waals surface area contributed by atoms with E-state index in [-0.39, 0.29) is 21.6 Å². The Morgan fingerprint density at radius 3 is 2.38 bits per heavy atom. The molecule has 3 rings (SSSR count). The minimum absolute atomic E-state index is 0.00471. The van der Waals surface area contributed by atoms with E-state index >= 15 is 0 Å². The number of benzene rings is 1. The minimum atomic E-state index is -3.84. The lowest BCUT2D eigenvalue weighted by Crippen LogP contribution is -2.15. The van der Waals surface area contributed by atoms with Gasteiger partial charge in [-0.2, -0.15) is 5.10 Å². The molecule has 0 radical (unpaired) electrons. The normalized spacial score (nSPS) is 11.2. The Bertz CT molecular complexity index is 1030. The molecule has 3 aromatic rings. The van der Waals surface area contributed by atoms with E-state index in [9.17, 15) is 13.2 Å². The maximum atomic E-state index is 12.3. The maximum Gasteiger partial charge on any atom is 0.276 e. The molecule has 0 aliphatic heterocycles. The van der Waals surface area contributed by atoms with Crippen molar-refractivity contribution in [1.29, 1.82) is 0 Å². The van der Waals surface area contributed by atoms with Crippen molar-refractivity contribution in [2.24, 2.45) is 7.05 Å².